The number of rotatable bonds is 11. The smallest absolute Gasteiger partial charge is 0.222 e. The molecule has 0 saturated carbocycles. The largest absolute Gasteiger partial charge is 0.379 e. The standard InChI is InChI=1S/C17H34N4O3.HI/c1-4-18-17(21-10-9-19-16(22)14(2)3)20-8-6-11-23-13-15-7-5-12-24-15;/h14-15H,4-13H2,1-3H3,(H,19,22)(H2,18,20,21);1H. The van der Waals surface area contributed by atoms with Crippen LogP contribution in [0.3, 0.4) is 0 Å². The molecule has 1 saturated heterocycles. The van der Waals surface area contributed by atoms with Crippen LogP contribution in [0.25, 0.3) is 0 Å². The number of halogens is 1. The summed E-state index contributed by atoms with van der Waals surface area (Å²) in [6, 6.07) is 0. The zero-order valence-electron chi connectivity index (χ0n) is 15.8. The Balaban J connectivity index is 0.00000576. The summed E-state index contributed by atoms with van der Waals surface area (Å²) in [5.74, 6) is 0.860. The molecule has 25 heavy (non-hydrogen) atoms. The van der Waals surface area contributed by atoms with Gasteiger partial charge in [0.2, 0.25) is 5.91 Å². The normalized spacial score (nSPS) is 17.3. The lowest BCUT2D eigenvalue weighted by Gasteiger charge is -2.13. The lowest BCUT2D eigenvalue weighted by atomic mass is 10.2. The van der Waals surface area contributed by atoms with E-state index in [1.807, 2.05) is 20.8 Å². The maximum Gasteiger partial charge on any atom is 0.222 e. The highest BCUT2D eigenvalue weighted by atomic mass is 127. The summed E-state index contributed by atoms with van der Waals surface area (Å²) >= 11 is 0. The van der Waals surface area contributed by atoms with Crippen molar-refractivity contribution in [3.05, 3.63) is 0 Å². The van der Waals surface area contributed by atoms with Crippen LogP contribution in [0, 0.1) is 5.92 Å². The van der Waals surface area contributed by atoms with Crippen LogP contribution in [0.1, 0.15) is 40.0 Å². The first-order valence-corrected chi connectivity index (χ1v) is 9.12. The average molecular weight is 470 g/mol. The SMILES string of the molecule is CCNC(=NCCCOCC1CCCO1)NCCNC(=O)C(C)C.I. The number of carbonyl (C=O) groups is 1. The third kappa shape index (κ3) is 12.4. The van der Waals surface area contributed by atoms with E-state index >= 15 is 0 Å². The monoisotopic (exact) mass is 470 g/mol. The highest BCUT2D eigenvalue weighted by Gasteiger charge is 2.14. The molecule has 1 aliphatic rings. The van der Waals surface area contributed by atoms with Crippen LogP contribution in [-0.4, -0.2) is 64.0 Å². The van der Waals surface area contributed by atoms with Gasteiger partial charge in [-0.3, -0.25) is 9.79 Å². The van der Waals surface area contributed by atoms with Crippen LogP contribution >= 0.6 is 24.0 Å². The van der Waals surface area contributed by atoms with Crippen LogP contribution in [-0.2, 0) is 14.3 Å². The molecule has 0 bridgehead atoms. The summed E-state index contributed by atoms with van der Waals surface area (Å²) in [6.45, 7) is 10.8. The number of aliphatic imine (C=N–C) groups is 1. The van der Waals surface area contributed by atoms with Gasteiger partial charge >= 0.3 is 0 Å². The highest BCUT2D eigenvalue weighted by molar-refractivity contribution is 14.0. The number of nitrogens with zero attached hydrogens (tertiary/aromatic N) is 1. The highest BCUT2D eigenvalue weighted by Crippen LogP contribution is 2.11. The topological polar surface area (TPSA) is 84.0 Å². The van der Waals surface area contributed by atoms with Gasteiger partial charge in [-0.25, -0.2) is 0 Å². The molecular weight excluding hydrogens is 435 g/mol. The van der Waals surface area contributed by atoms with Crippen molar-refractivity contribution in [3.8, 4) is 0 Å². The molecule has 1 unspecified atom stereocenters. The molecule has 1 aliphatic heterocycles. The second-order valence-electron chi connectivity index (χ2n) is 6.20. The molecule has 1 fully saturated rings. The van der Waals surface area contributed by atoms with Gasteiger partial charge in [-0.15, -0.1) is 24.0 Å². The van der Waals surface area contributed by atoms with Gasteiger partial charge in [0.05, 0.1) is 12.7 Å². The van der Waals surface area contributed by atoms with E-state index in [2.05, 4.69) is 20.9 Å². The minimum absolute atomic E-state index is 0. The molecule has 148 valence electrons. The van der Waals surface area contributed by atoms with Crippen molar-refractivity contribution in [1.29, 1.82) is 0 Å². The lowest BCUT2D eigenvalue weighted by molar-refractivity contribution is -0.123. The van der Waals surface area contributed by atoms with E-state index in [1.165, 1.54) is 0 Å². The van der Waals surface area contributed by atoms with E-state index in [-0.39, 0.29) is 41.9 Å². The number of guanidine groups is 1. The summed E-state index contributed by atoms with van der Waals surface area (Å²) in [6.07, 6.45) is 3.43. The first-order valence-electron chi connectivity index (χ1n) is 9.12. The van der Waals surface area contributed by atoms with Crippen LogP contribution in [0.15, 0.2) is 4.99 Å². The Morgan fingerprint density at radius 3 is 2.68 bits per heavy atom. The van der Waals surface area contributed by atoms with Crippen molar-refractivity contribution in [1.82, 2.24) is 16.0 Å². The zero-order valence-corrected chi connectivity index (χ0v) is 18.1. The van der Waals surface area contributed by atoms with Gasteiger partial charge in [0.25, 0.3) is 0 Å². The van der Waals surface area contributed by atoms with E-state index < -0.39 is 0 Å². The lowest BCUT2D eigenvalue weighted by Crippen LogP contribution is -2.42. The molecule has 0 radical (unpaired) electrons. The van der Waals surface area contributed by atoms with E-state index in [4.69, 9.17) is 9.47 Å². The second kappa shape index (κ2) is 15.6. The number of amides is 1. The molecule has 0 spiro atoms. The van der Waals surface area contributed by atoms with E-state index in [0.29, 0.717) is 32.8 Å². The fourth-order valence-electron chi connectivity index (χ4n) is 2.26. The molecule has 0 aliphatic carbocycles. The van der Waals surface area contributed by atoms with Gasteiger partial charge in [-0.2, -0.15) is 0 Å². The molecule has 3 N–H and O–H groups in total. The molecule has 8 heteroatoms. The van der Waals surface area contributed by atoms with Gasteiger partial charge in [0.1, 0.15) is 0 Å². The summed E-state index contributed by atoms with van der Waals surface area (Å²) < 4.78 is 11.1. The Kier molecular flexibility index (Phi) is 15.2. The number of nitrogens with one attached hydrogen (secondary N) is 3. The quantitative estimate of drug-likeness (QED) is 0.185. The number of hydrogen-bond donors (Lipinski definition) is 3. The molecule has 1 heterocycles. The van der Waals surface area contributed by atoms with Crippen molar-refractivity contribution >= 4 is 35.8 Å². The Morgan fingerprint density at radius 2 is 2.04 bits per heavy atom. The second-order valence-corrected chi connectivity index (χ2v) is 6.20. The predicted octanol–water partition coefficient (Wildman–Crippen LogP) is 1.52. The van der Waals surface area contributed by atoms with Crippen molar-refractivity contribution in [2.24, 2.45) is 10.9 Å². The number of hydrogen-bond acceptors (Lipinski definition) is 4. The molecule has 0 aromatic heterocycles. The third-order valence-electron chi connectivity index (χ3n) is 3.63. The first kappa shape index (κ1) is 24.4. The Morgan fingerprint density at radius 1 is 1.28 bits per heavy atom. The number of carbonyl (C=O) groups excluding carboxylic acids is 1. The Labute approximate surface area is 169 Å². The first-order chi connectivity index (χ1) is 11.6. The van der Waals surface area contributed by atoms with Crippen molar-refractivity contribution in [2.75, 3.05) is 46.0 Å². The van der Waals surface area contributed by atoms with Gasteiger partial charge in [-0.1, -0.05) is 13.8 Å². The van der Waals surface area contributed by atoms with Gasteiger partial charge < -0.3 is 25.4 Å². The molecular formula is C17H35IN4O3. The van der Waals surface area contributed by atoms with E-state index in [0.717, 1.165) is 38.4 Å². The maximum atomic E-state index is 11.5. The zero-order chi connectivity index (χ0) is 17.6. The molecule has 1 amide bonds. The van der Waals surface area contributed by atoms with Crippen LogP contribution in [0.5, 0.6) is 0 Å². The van der Waals surface area contributed by atoms with Crippen molar-refractivity contribution < 1.29 is 14.3 Å². The van der Waals surface area contributed by atoms with Crippen molar-refractivity contribution in [3.63, 3.8) is 0 Å². The molecule has 1 rings (SSSR count). The van der Waals surface area contributed by atoms with Gasteiger partial charge in [-0.05, 0) is 26.2 Å². The molecule has 0 aromatic carbocycles. The third-order valence-corrected chi connectivity index (χ3v) is 3.63. The Bertz CT molecular complexity index is 375. The maximum absolute atomic E-state index is 11.5. The van der Waals surface area contributed by atoms with Crippen LogP contribution < -0.4 is 16.0 Å². The van der Waals surface area contributed by atoms with Crippen LogP contribution in [0.4, 0.5) is 0 Å². The summed E-state index contributed by atoms with van der Waals surface area (Å²) in [4.78, 5) is 16.0. The van der Waals surface area contributed by atoms with Crippen LogP contribution in [0.2, 0.25) is 0 Å². The average Bonchev–Trinajstić information content (AvgIpc) is 3.07. The predicted molar refractivity (Wildman–Crippen MR) is 112 cm³/mol. The molecule has 1 atom stereocenters. The Hall–Kier alpha value is -0.610. The minimum Gasteiger partial charge on any atom is -0.379 e. The molecule has 7 nitrogen and oxygen atoms in total. The molecule has 0 aromatic rings. The summed E-state index contributed by atoms with van der Waals surface area (Å²) in [5.41, 5.74) is 0. The summed E-state index contributed by atoms with van der Waals surface area (Å²) in [5, 5.41) is 9.28. The van der Waals surface area contributed by atoms with E-state index in [1.54, 1.807) is 0 Å². The number of ether oxygens (including phenoxy) is 2. The van der Waals surface area contributed by atoms with Gasteiger partial charge in [0.15, 0.2) is 5.96 Å². The van der Waals surface area contributed by atoms with Crippen molar-refractivity contribution in [2.45, 2.75) is 46.1 Å². The fourth-order valence-corrected chi connectivity index (χ4v) is 2.26. The minimum atomic E-state index is 0. The van der Waals surface area contributed by atoms with E-state index in [9.17, 15) is 4.79 Å². The summed E-state index contributed by atoms with van der Waals surface area (Å²) in [7, 11) is 0. The fraction of sp³-hybridized carbons (Fsp3) is 0.882. The van der Waals surface area contributed by atoms with Gasteiger partial charge in [0, 0.05) is 45.3 Å².